The Hall–Kier alpha value is -2.39. The van der Waals surface area contributed by atoms with Gasteiger partial charge >= 0.3 is 25.3 Å². The summed E-state index contributed by atoms with van der Waals surface area (Å²) >= 11 is 0. The molecule has 15 nitrogen and oxygen atoms in total. The molecule has 0 aromatic carbocycles. The quantitative estimate of drug-likeness (QED) is 0.128. The predicted octanol–water partition coefficient (Wildman–Crippen LogP) is 0.805. The zero-order valence-corrected chi connectivity index (χ0v) is 26.1. The molecule has 0 spiro atoms. The molecule has 240 valence electrons. The number of carbonyl (C=O) groups is 2. The molecule has 42 heavy (non-hydrogen) atoms. The average molecular weight is 621 g/mol. The highest BCUT2D eigenvalue weighted by molar-refractivity contribution is 7.54. The van der Waals surface area contributed by atoms with Gasteiger partial charge in [-0.1, -0.05) is 27.7 Å². The Morgan fingerprint density at radius 2 is 1.57 bits per heavy atom. The number of aliphatic hydroxyl groups excluding tert-OH is 1. The molecule has 1 aliphatic rings. The summed E-state index contributed by atoms with van der Waals surface area (Å²) in [7, 11) is -4.32. The number of nitrogens with zero attached hydrogens (tertiary/aromatic N) is 1. The second-order valence-electron chi connectivity index (χ2n) is 11.2. The van der Waals surface area contributed by atoms with Crippen molar-refractivity contribution >= 4 is 19.6 Å². The topological polar surface area (TPSA) is 208 Å². The van der Waals surface area contributed by atoms with Crippen molar-refractivity contribution in [2.24, 2.45) is 11.8 Å². The first-order chi connectivity index (χ1) is 19.5. The highest BCUT2D eigenvalue weighted by Crippen LogP contribution is 2.44. The summed E-state index contributed by atoms with van der Waals surface area (Å²) in [5.74, 6) is -1.40. The van der Waals surface area contributed by atoms with Gasteiger partial charge in [0.1, 0.15) is 29.9 Å². The third-order valence-electron chi connectivity index (χ3n) is 6.49. The smallest absolute Gasteiger partial charge is 0.342 e. The molecule has 0 radical (unpaired) electrons. The summed E-state index contributed by atoms with van der Waals surface area (Å²) in [6, 6.07) is -1.13. The molecule has 0 aliphatic carbocycles. The third kappa shape index (κ3) is 9.56. The van der Waals surface area contributed by atoms with Crippen molar-refractivity contribution in [2.45, 2.75) is 97.4 Å². The van der Waals surface area contributed by atoms with Crippen molar-refractivity contribution in [2.75, 3.05) is 19.8 Å². The van der Waals surface area contributed by atoms with Crippen LogP contribution in [-0.2, 0) is 32.9 Å². The number of nitrogens with one attached hydrogen (secondary N) is 3. The number of esters is 2. The summed E-state index contributed by atoms with van der Waals surface area (Å²) in [4.78, 5) is 51.4. The third-order valence-corrected chi connectivity index (χ3v) is 8.30. The first-order valence-corrected chi connectivity index (χ1v) is 15.7. The summed E-state index contributed by atoms with van der Waals surface area (Å²) in [5.41, 5.74) is -3.58. The zero-order valence-electron chi connectivity index (χ0n) is 25.2. The molecule has 0 amide bonds. The maximum absolute atomic E-state index is 14.3. The van der Waals surface area contributed by atoms with Crippen LogP contribution in [0.3, 0.4) is 0 Å². The van der Waals surface area contributed by atoms with E-state index in [1.807, 2.05) is 27.7 Å². The van der Waals surface area contributed by atoms with Crippen molar-refractivity contribution < 1.29 is 43.1 Å². The van der Waals surface area contributed by atoms with Crippen LogP contribution >= 0.6 is 7.67 Å². The van der Waals surface area contributed by atoms with Crippen molar-refractivity contribution in [1.29, 1.82) is 0 Å². The van der Waals surface area contributed by atoms with Crippen molar-refractivity contribution in [1.82, 2.24) is 19.7 Å². The SMILES string of the molecule is CCOC(=O)[C@H](CC(C)C)NP(=O)(N[C@@H](CC(C)C)C(=O)OCC)OC[C@H]1O[C@@H](n2ccc(=O)[nH]c2=O)C(C)(O)C1O. The lowest BCUT2D eigenvalue weighted by atomic mass is 9.96. The van der Waals surface area contributed by atoms with E-state index in [2.05, 4.69) is 15.2 Å². The van der Waals surface area contributed by atoms with E-state index in [0.29, 0.717) is 0 Å². The van der Waals surface area contributed by atoms with Gasteiger partial charge in [-0.05, 0) is 45.4 Å². The van der Waals surface area contributed by atoms with Gasteiger partial charge < -0.3 is 28.9 Å². The predicted molar refractivity (Wildman–Crippen MR) is 151 cm³/mol. The molecule has 16 heteroatoms. The van der Waals surface area contributed by atoms with Crippen LogP contribution in [0.5, 0.6) is 0 Å². The molecule has 0 bridgehead atoms. The molecule has 1 aliphatic heterocycles. The Kier molecular flexibility index (Phi) is 13.1. The number of carbonyl (C=O) groups excluding carboxylic acids is 2. The van der Waals surface area contributed by atoms with Gasteiger partial charge in [0, 0.05) is 12.3 Å². The second kappa shape index (κ2) is 15.4. The minimum absolute atomic E-state index is 0.0247. The fourth-order valence-electron chi connectivity index (χ4n) is 4.52. The van der Waals surface area contributed by atoms with Gasteiger partial charge in [0.2, 0.25) is 0 Å². The molecule has 5 N–H and O–H groups in total. The summed E-state index contributed by atoms with van der Waals surface area (Å²) in [5, 5.41) is 27.3. The van der Waals surface area contributed by atoms with Gasteiger partial charge in [0.25, 0.3) is 5.56 Å². The van der Waals surface area contributed by atoms with Crippen LogP contribution in [0.1, 0.15) is 67.5 Å². The molecule has 1 fully saturated rings. The molecular weight excluding hydrogens is 575 g/mol. The van der Waals surface area contributed by atoms with Gasteiger partial charge in [-0.2, -0.15) is 0 Å². The Balaban J connectivity index is 2.41. The molecule has 1 aromatic heterocycles. The summed E-state index contributed by atoms with van der Waals surface area (Å²) in [6.45, 7) is 11.5. The van der Waals surface area contributed by atoms with Crippen LogP contribution in [-0.4, -0.2) is 81.4 Å². The zero-order chi connectivity index (χ0) is 31.8. The van der Waals surface area contributed by atoms with Crippen LogP contribution in [0.15, 0.2) is 21.9 Å². The monoisotopic (exact) mass is 620 g/mol. The Bertz CT molecular complexity index is 1180. The van der Waals surface area contributed by atoms with E-state index < -0.39 is 73.6 Å². The van der Waals surface area contributed by atoms with Gasteiger partial charge in [0.05, 0.1) is 19.8 Å². The lowest BCUT2D eigenvalue weighted by molar-refractivity contribution is -0.146. The normalized spacial score (nSPS) is 24.1. The number of aromatic nitrogens is 2. The van der Waals surface area contributed by atoms with Gasteiger partial charge in [-0.15, -0.1) is 0 Å². The minimum atomic E-state index is -4.32. The van der Waals surface area contributed by atoms with E-state index in [-0.39, 0.29) is 37.9 Å². The molecule has 1 aromatic rings. The van der Waals surface area contributed by atoms with Crippen LogP contribution in [0, 0.1) is 11.8 Å². The number of H-pyrrole nitrogens is 1. The number of aromatic amines is 1. The number of ether oxygens (including phenoxy) is 3. The highest BCUT2D eigenvalue weighted by Gasteiger charge is 2.54. The van der Waals surface area contributed by atoms with E-state index in [9.17, 15) is 34.0 Å². The van der Waals surface area contributed by atoms with E-state index in [0.717, 1.165) is 16.8 Å². The molecule has 6 atom stereocenters. The summed E-state index contributed by atoms with van der Waals surface area (Å²) < 4.78 is 37.1. The standard InChI is InChI=1S/C26H45N4O11P/c1-8-38-22(33)17(12-15(3)4)28-42(37,29-18(13-16(5)6)23(34)39-9-2)40-14-19-21(32)26(7,36)24(41-19)30-11-10-20(31)27-25(30)35/h10-11,15-19,21,24,32,36H,8-9,12-14H2,1-7H3,(H,27,31,35)(H2,28,29,37)/t17-,18-,19+,21?,24+,26?/m0/s1. The van der Waals surface area contributed by atoms with Crippen LogP contribution in [0.25, 0.3) is 0 Å². The van der Waals surface area contributed by atoms with Crippen LogP contribution < -0.4 is 21.4 Å². The van der Waals surface area contributed by atoms with Gasteiger partial charge in [0.15, 0.2) is 6.23 Å². The lowest BCUT2D eigenvalue weighted by Crippen LogP contribution is -2.47. The van der Waals surface area contributed by atoms with Crippen molar-refractivity contribution in [3.05, 3.63) is 33.1 Å². The van der Waals surface area contributed by atoms with Crippen molar-refractivity contribution in [3.8, 4) is 0 Å². The molecular formula is C26H45N4O11P. The molecule has 2 unspecified atom stereocenters. The Labute approximate surface area is 244 Å². The van der Waals surface area contributed by atoms with E-state index in [1.54, 1.807) is 13.8 Å². The van der Waals surface area contributed by atoms with E-state index in [1.165, 1.54) is 6.92 Å². The average Bonchev–Trinajstić information content (AvgIpc) is 3.10. The molecule has 0 saturated carbocycles. The first-order valence-electron chi connectivity index (χ1n) is 14.0. The number of aliphatic hydroxyl groups is 2. The Morgan fingerprint density at radius 1 is 1.07 bits per heavy atom. The largest absolute Gasteiger partial charge is 0.465 e. The van der Waals surface area contributed by atoms with Gasteiger partial charge in [-0.3, -0.25) is 28.5 Å². The summed E-state index contributed by atoms with van der Waals surface area (Å²) in [6.07, 6.45) is -2.85. The highest BCUT2D eigenvalue weighted by atomic mass is 31.2. The fourth-order valence-corrected chi connectivity index (χ4v) is 6.34. The maximum atomic E-state index is 14.3. The molecule has 2 heterocycles. The Morgan fingerprint density at radius 3 is 2.00 bits per heavy atom. The maximum Gasteiger partial charge on any atom is 0.342 e. The fraction of sp³-hybridized carbons (Fsp3) is 0.769. The van der Waals surface area contributed by atoms with Crippen LogP contribution in [0.4, 0.5) is 0 Å². The molecule has 1 saturated heterocycles. The lowest BCUT2D eigenvalue weighted by Gasteiger charge is -2.30. The van der Waals surface area contributed by atoms with Crippen molar-refractivity contribution in [3.63, 3.8) is 0 Å². The first kappa shape index (κ1) is 35.8. The van der Waals surface area contributed by atoms with E-state index in [4.69, 9.17) is 18.7 Å². The van der Waals surface area contributed by atoms with Crippen LogP contribution in [0.2, 0.25) is 0 Å². The minimum Gasteiger partial charge on any atom is -0.465 e. The number of rotatable bonds is 16. The number of hydrogen-bond donors (Lipinski definition) is 5. The second-order valence-corrected chi connectivity index (χ2v) is 13.1. The number of hydrogen-bond acceptors (Lipinski definition) is 11. The van der Waals surface area contributed by atoms with E-state index >= 15 is 0 Å². The molecule has 2 rings (SSSR count). The van der Waals surface area contributed by atoms with Gasteiger partial charge in [-0.25, -0.2) is 15.0 Å².